The topological polar surface area (TPSA) is 0 Å². The summed E-state index contributed by atoms with van der Waals surface area (Å²) < 4.78 is 0. The van der Waals surface area contributed by atoms with E-state index in [-0.39, 0.29) is 0 Å². The summed E-state index contributed by atoms with van der Waals surface area (Å²) in [6, 6.07) is 0. The summed E-state index contributed by atoms with van der Waals surface area (Å²) in [4.78, 5) is 0. The van der Waals surface area contributed by atoms with E-state index in [1.54, 1.807) is 0 Å². The van der Waals surface area contributed by atoms with E-state index in [0.717, 1.165) is 11.8 Å². The molecule has 0 aromatic rings. The van der Waals surface area contributed by atoms with Crippen LogP contribution in [-0.4, -0.2) is 5.33 Å². The third-order valence-corrected chi connectivity index (χ3v) is 2.54. The molecule has 0 bridgehead atoms. The van der Waals surface area contributed by atoms with E-state index in [1.165, 1.54) is 25.7 Å². The zero-order valence-corrected chi connectivity index (χ0v) is 9.78. The van der Waals surface area contributed by atoms with Crippen molar-refractivity contribution in [3.63, 3.8) is 0 Å². The van der Waals surface area contributed by atoms with Gasteiger partial charge in [-0.05, 0) is 25.7 Å². The van der Waals surface area contributed by atoms with Gasteiger partial charge in [-0.2, -0.15) is 0 Å². The summed E-state index contributed by atoms with van der Waals surface area (Å²) >= 11 is 3.41. The maximum Gasteiger partial charge on any atom is 0.0197 e. The highest BCUT2D eigenvalue weighted by atomic mass is 79.9. The van der Waals surface area contributed by atoms with E-state index in [9.17, 15) is 0 Å². The van der Waals surface area contributed by atoms with Gasteiger partial charge in [-0.1, -0.05) is 35.7 Å². The molecule has 0 nitrogen and oxygen atoms in total. The molecule has 12 heavy (non-hydrogen) atoms. The second-order valence-corrected chi connectivity index (χ2v) is 3.77. The van der Waals surface area contributed by atoms with Crippen LogP contribution < -0.4 is 0 Å². The second-order valence-electron chi connectivity index (χ2n) is 2.98. The summed E-state index contributed by atoms with van der Waals surface area (Å²) in [5, 5.41) is 1.11. The van der Waals surface area contributed by atoms with Gasteiger partial charge in [0.05, 0.1) is 0 Å². The van der Waals surface area contributed by atoms with Crippen molar-refractivity contribution in [2.24, 2.45) is 5.92 Å². The Hall–Kier alpha value is 0.0400. The lowest BCUT2D eigenvalue weighted by Crippen LogP contribution is -1.90. The van der Waals surface area contributed by atoms with Crippen molar-refractivity contribution in [3.8, 4) is 11.8 Å². The molecule has 0 rings (SSSR count). The zero-order chi connectivity index (χ0) is 9.23. The molecule has 0 saturated heterocycles. The highest BCUT2D eigenvalue weighted by Crippen LogP contribution is 2.05. The number of rotatable bonds is 5. The van der Waals surface area contributed by atoms with Gasteiger partial charge in [0.1, 0.15) is 0 Å². The van der Waals surface area contributed by atoms with Crippen molar-refractivity contribution in [2.45, 2.75) is 46.0 Å². The third-order valence-electron chi connectivity index (χ3n) is 1.98. The molecule has 0 N–H and O–H groups in total. The van der Waals surface area contributed by atoms with Gasteiger partial charge in [0, 0.05) is 17.7 Å². The normalized spacial score (nSPS) is 9.67. The van der Waals surface area contributed by atoms with Crippen LogP contribution >= 0.6 is 15.9 Å². The molecule has 0 aromatic carbocycles. The standard InChI is InChI=1S/C11H19Br/c1-3-11(4-2)9-7-5-6-8-10-12/h11H,3-6,8,10H2,1-2H3. The van der Waals surface area contributed by atoms with Crippen LogP contribution in [0.3, 0.4) is 0 Å². The molecule has 1 heteroatoms. The predicted octanol–water partition coefficient (Wildman–Crippen LogP) is 3.99. The molecular formula is C11H19Br. The lowest BCUT2D eigenvalue weighted by Gasteiger charge is -2.00. The van der Waals surface area contributed by atoms with E-state index < -0.39 is 0 Å². The molecule has 0 amide bonds. The smallest absolute Gasteiger partial charge is 0.0197 e. The van der Waals surface area contributed by atoms with Gasteiger partial charge in [0.25, 0.3) is 0 Å². The first-order valence-corrected chi connectivity index (χ1v) is 6.01. The molecule has 0 radical (unpaired) electrons. The lowest BCUT2D eigenvalue weighted by molar-refractivity contribution is 0.626. The summed E-state index contributed by atoms with van der Waals surface area (Å²) in [6.07, 6.45) is 5.95. The van der Waals surface area contributed by atoms with Gasteiger partial charge in [-0.15, -0.1) is 5.92 Å². The molecule has 0 aliphatic carbocycles. The fourth-order valence-corrected chi connectivity index (χ4v) is 1.41. The Balaban J connectivity index is 3.42. The van der Waals surface area contributed by atoms with Gasteiger partial charge in [0.2, 0.25) is 0 Å². The van der Waals surface area contributed by atoms with Crippen molar-refractivity contribution in [2.75, 3.05) is 5.33 Å². The average Bonchev–Trinajstić information content (AvgIpc) is 2.11. The van der Waals surface area contributed by atoms with Gasteiger partial charge in [0.15, 0.2) is 0 Å². The fraction of sp³-hybridized carbons (Fsp3) is 0.818. The Bertz CT molecular complexity index is 137. The van der Waals surface area contributed by atoms with Crippen LogP contribution in [0.25, 0.3) is 0 Å². The molecule has 0 aromatic heterocycles. The van der Waals surface area contributed by atoms with E-state index in [1.807, 2.05) is 0 Å². The second kappa shape index (κ2) is 9.13. The number of unbranched alkanes of at least 4 members (excludes halogenated alkanes) is 2. The highest BCUT2D eigenvalue weighted by Gasteiger charge is 1.95. The monoisotopic (exact) mass is 230 g/mol. The average molecular weight is 231 g/mol. The highest BCUT2D eigenvalue weighted by molar-refractivity contribution is 9.09. The third kappa shape index (κ3) is 6.73. The first-order chi connectivity index (χ1) is 5.85. The van der Waals surface area contributed by atoms with Crippen LogP contribution in [0.5, 0.6) is 0 Å². The molecule has 0 fully saturated rings. The van der Waals surface area contributed by atoms with E-state index in [2.05, 4.69) is 41.6 Å². The molecule has 0 unspecified atom stereocenters. The van der Waals surface area contributed by atoms with Gasteiger partial charge in [-0.3, -0.25) is 0 Å². The van der Waals surface area contributed by atoms with Crippen molar-refractivity contribution >= 4 is 15.9 Å². The Morgan fingerprint density at radius 2 is 1.83 bits per heavy atom. The van der Waals surface area contributed by atoms with Crippen LogP contribution in [-0.2, 0) is 0 Å². The first kappa shape index (κ1) is 12.0. The minimum Gasteiger partial charge on any atom is -0.103 e. The van der Waals surface area contributed by atoms with Crippen LogP contribution in [0.15, 0.2) is 0 Å². The van der Waals surface area contributed by atoms with Crippen molar-refractivity contribution < 1.29 is 0 Å². The minimum atomic E-state index is 0.633. The van der Waals surface area contributed by atoms with Crippen LogP contribution in [0, 0.1) is 17.8 Å². The van der Waals surface area contributed by atoms with Crippen molar-refractivity contribution in [1.82, 2.24) is 0 Å². The Morgan fingerprint density at radius 3 is 2.33 bits per heavy atom. The molecular weight excluding hydrogens is 212 g/mol. The van der Waals surface area contributed by atoms with Crippen molar-refractivity contribution in [1.29, 1.82) is 0 Å². The Morgan fingerprint density at radius 1 is 1.17 bits per heavy atom. The lowest BCUT2D eigenvalue weighted by atomic mass is 10.0. The largest absolute Gasteiger partial charge is 0.103 e. The fourth-order valence-electron chi connectivity index (χ4n) is 1.02. The van der Waals surface area contributed by atoms with Crippen molar-refractivity contribution in [3.05, 3.63) is 0 Å². The summed E-state index contributed by atoms with van der Waals surface area (Å²) in [5.41, 5.74) is 0. The molecule has 0 aliphatic heterocycles. The molecule has 0 atom stereocenters. The number of hydrogen-bond donors (Lipinski definition) is 0. The summed E-state index contributed by atoms with van der Waals surface area (Å²) in [6.45, 7) is 4.42. The summed E-state index contributed by atoms with van der Waals surface area (Å²) in [5.74, 6) is 7.20. The SMILES string of the molecule is CCC(C#CCCCCBr)CC. The van der Waals surface area contributed by atoms with Gasteiger partial charge in [-0.25, -0.2) is 0 Å². The molecule has 0 heterocycles. The van der Waals surface area contributed by atoms with E-state index in [4.69, 9.17) is 0 Å². The maximum atomic E-state index is 3.41. The Labute approximate surface area is 85.3 Å². The van der Waals surface area contributed by atoms with Crippen LogP contribution in [0.4, 0.5) is 0 Å². The molecule has 70 valence electrons. The molecule has 0 saturated carbocycles. The van der Waals surface area contributed by atoms with Gasteiger partial charge < -0.3 is 0 Å². The number of hydrogen-bond acceptors (Lipinski definition) is 0. The molecule has 0 aliphatic rings. The van der Waals surface area contributed by atoms with Crippen LogP contribution in [0.2, 0.25) is 0 Å². The summed E-state index contributed by atoms with van der Waals surface area (Å²) in [7, 11) is 0. The first-order valence-electron chi connectivity index (χ1n) is 4.89. The predicted molar refractivity (Wildman–Crippen MR) is 59.5 cm³/mol. The number of alkyl halides is 1. The molecule has 0 spiro atoms. The minimum absolute atomic E-state index is 0.633. The zero-order valence-electron chi connectivity index (χ0n) is 8.20. The Kier molecular flexibility index (Phi) is 9.16. The van der Waals surface area contributed by atoms with Crippen LogP contribution in [0.1, 0.15) is 46.0 Å². The quantitative estimate of drug-likeness (QED) is 0.381. The van der Waals surface area contributed by atoms with E-state index >= 15 is 0 Å². The van der Waals surface area contributed by atoms with Gasteiger partial charge >= 0.3 is 0 Å². The van der Waals surface area contributed by atoms with E-state index in [0.29, 0.717) is 5.92 Å². The maximum absolute atomic E-state index is 3.41. The number of halogens is 1.